The van der Waals surface area contributed by atoms with Crippen molar-refractivity contribution < 1.29 is 8.42 Å². The highest BCUT2D eigenvalue weighted by Gasteiger charge is 2.35. The Morgan fingerprint density at radius 3 is 2.73 bits per heavy atom. The highest BCUT2D eigenvalue weighted by Crippen LogP contribution is 2.37. The average molecular weight is 290 g/mol. The lowest BCUT2D eigenvalue weighted by atomic mass is 10.1. The molecule has 0 bridgehead atoms. The molecule has 0 unspecified atom stereocenters. The molecule has 0 aromatic heterocycles. The molecule has 0 spiro atoms. The summed E-state index contributed by atoms with van der Waals surface area (Å²) in [6.07, 6.45) is 0. The third kappa shape index (κ3) is 1.90. The van der Waals surface area contributed by atoms with E-state index in [9.17, 15) is 8.42 Å². The van der Waals surface area contributed by atoms with Gasteiger partial charge in [0.25, 0.3) is 0 Å². The summed E-state index contributed by atoms with van der Waals surface area (Å²) in [6.45, 7) is 3.76. The molecule has 0 aliphatic carbocycles. The SMILES string of the molecule is CC1(C)CS(=O)(=O)c2cccc(Br)c2N1. The summed E-state index contributed by atoms with van der Waals surface area (Å²) >= 11 is 3.36. The fraction of sp³-hybridized carbons (Fsp3) is 0.400. The second-order valence-corrected chi connectivity index (χ2v) is 7.19. The van der Waals surface area contributed by atoms with Crippen molar-refractivity contribution >= 4 is 31.5 Å². The molecule has 5 heteroatoms. The first-order chi connectivity index (χ1) is 6.82. The van der Waals surface area contributed by atoms with Gasteiger partial charge in [0, 0.05) is 10.0 Å². The maximum atomic E-state index is 12.0. The lowest BCUT2D eigenvalue weighted by Crippen LogP contribution is -2.43. The molecule has 82 valence electrons. The lowest BCUT2D eigenvalue weighted by Gasteiger charge is -2.33. The first-order valence-electron chi connectivity index (χ1n) is 4.61. The van der Waals surface area contributed by atoms with E-state index in [0.29, 0.717) is 10.6 Å². The molecule has 0 atom stereocenters. The average Bonchev–Trinajstić information content (AvgIpc) is 2.04. The van der Waals surface area contributed by atoms with Crippen LogP contribution in [0.1, 0.15) is 13.8 Å². The van der Waals surface area contributed by atoms with Gasteiger partial charge in [-0.1, -0.05) is 6.07 Å². The fourth-order valence-electron chi connectivity index (χ4n) is 1.81. The molecule has 15 heavy (non-hydrogen) atoms. The Kier molecular flexibility index (Phi) is 2.35. The zero-order valence-electron chi connectivity index (χ0n) is 8.54. The number of hydrogen-bond acceptors (Lipinski definition) is 3. The van der Waals surface area contributed by atoms with Gasteiger partial charge in [-0.05, 0) is 41.9 Å². The molecule has 1 aliphatic heterocycles. The Bertz CT molecular complexity index is 508. The molecule has 0 saturated heterocycles. The number of nitrogens with one attached hydrogen (secondary N) is 1. The summed E-state index contributed by atoms with van der Waals surface area (Å²) in [4.78, 5) is 0.385. The van der Waals surface area contributed by atoms with Crippen molar-refractivity contribution in [3.8, 4) is 0 Å². The number of para-hydroxylation sites is 1. The fourth-order valence-corrected chi connectivity index (χ4v) is 4.34. The van der Waals surface area contributed by atoms with Gasteiger partial charge >= 0.3 is 0 Å². The normalized spacial score (nSPS) is 21.5. The Labute approximate surface area is 97.9 Å². The molecule has 2 rings (SSSR count). The summed E-state index contributed by atoms with van der Waals surface area (Å²) < 4.78 is 24.7. The lowest BCUT2D eigenvalue weighted by molar-refractivity contribution is 0.556. The second kappa shape index (κ2) is 3.22. The number of sulfone groups is 1. The quantitative estimate of drug-likeness (QED) is 0.798. The smallest absolute Gasteiger partial charge is 0.182 e. The first kappa shape index (κ1) is 11.0. The molecule has 0 fully saturated rings. The molecule has 1 aliphatic rings. The van der Waals surface area contributed by atoms with E-state index in [1.54, 1.807) is 12.1 Å². The van der Waals surface area contributed by atoms with E-state index >= 15 is 0 Å². The Hall–Kier alpha value is -0.550. The Balaban J connectivity index is 2.71. The Morgan fingerprint density at radius 1 is 1.40 bits per heavy atom. The predicted octanol–water partition coefficient (Wildman–Crippen LogP) is 2.43. The van der Waals surface area contributed by atoms with Crippen LogP contribution in [0, 0.1) is 0 Å². The van der Waals surface area contributed by atoms with E-state index in [2.05, 4.69) is 21.2 Å². The van der Waals surface area contributed by atoms with Gasteiger partial charge < -0.3 is 5.32 Å². The van der Waals surface area contributed by atoms with Crippen LogP contribution in [0.4, 0.5) is 5.69 Å². The van der Waals surface area contributed by atoms with Crippen LogP contribution in [0.25, 0.3) is 0 Å². The molecule has 1 heterocycles. The maximum absolute atomic E-state index is 12.0. The zero-order valence-corrected chi connectivity index (χ0v) is 10.9. The van der Waals surface area contributed by atoms with Crippen LogP contribution in [-0.4, -0.2) is 19.7 Å². The van der Waals surface area contributed by atoms with E-state index in [1.807, 2.05) is 19.9 Å². The van der Waals surface area contributed by atoms with Crippen LogP contribution < -0.4 is 5.32 Å². The van der Waals surface area contributed by atoms with Crippen molar-refractivity contribution in [3.63, 3.8) is 0 Å². The van der Waals surface area contributed by atoms with Crippen molar-refractivity contribution in [2.45, 2.75) is 24.3 Å². The van der Waals surface area contributed by atoms with Gasteiger partial charge in [0.05, 0.1) is 16.3 Å². The molecule has 0 saturated carbocycles. The van der Waals surface area contributed by atoms with Gasteiger partial charge in [-0.3, -0.25) is 0 Å². The number of anilines is 1. The van der Waals surface area contributed by atoms with E-state index in [0.717, 1.165) is 4.47 Å². The van der Waals surface area contributed by atoms with Crippen LogP contribution >= 0.6 is 15.9 Å². The molecular formula is C10H12BrNO2S. The van der Waals surface area contributed by atoms with Crippen molar-refractivity contribution in [2.75, 3.05) is 11.1 Å². The van der Waals surface area contributed by atoms with Crippen LogP contribution in [0.2, 0.25) is 0 Å². The van der Waals surface area contributed by atoms with Crippen molar-refractivity contribution in [3.05, 3.63) is 22.7 Å². The first-order valence-corrected chi connectivity index (χ1v) is 7.06. The summed E-state index contributed by atoms with van der Waals surface area (Å²) in [5.41, 5.74) is 0.254. The van der Waals surface area contributed by atoms with E-state index in [4.69, 9.17) is 0 Å². The highest BCUT2D eigenvalue weighted by molar-refractivity contribution is 9.10. The van der Waals surface area contributed by atoms with Crippen molar-refractivity contribution in [1.82, 2.24) is 0 Å². The number of halogens is 1. The molecule has 1 N–H and O–H groups in total. The Morgan fingerprint density at radius 2 is 2.07 bits per heavy atom. The molecule has 3 nitrogen and oxygen atoms in total. The second-order valence-electron chi connectivity index (χ2n) is 4.38. The van der Waals surface area contributed by atoms with Crippen LogP contribution in [0.5, 0.6) is 0 Å². The van der Waals surface area contributed by atoms with Crippen LogP contribution in [0.3, 0.4) is 0 Å². The van der Waals surface area contributed by atoms with Gasteiger partial charge in [-0.2, -0.15) is 0 Å². The number of rotatable bonds is 0. The monoisotopic (exact) mass is 289 g/mol. The standard InChI is InChI=1S/C10H12BrNO2S/c1-10(2)6-15(13,14)8-5-3-4-7(11)9(8)12-10/h3-5,12H,6H2,1-2H3. The van der Waals surface area contributed by atoms with Crippen molar-refractivity contribution in [1.29, 1.82) is 0 Å². The van der Waals surface area contributed by atoms with Gasteiger partial charge in [-0.15, -0.1) is 0 Å². The van der Waals surface area contributed by atoms with Gasteiger partial charge in [0.1, 0.15) is 0 Å². The largest absolute Gasteiger partial charge is 0.377 e. The molecule has 1 aromatic rings. The summed E-state index contributed by atoms with van der Waals surface area (Å²) in [7, 11) is -3.16. The molecule has 0 radical (unpaired) electrons. The number of benzene rings is 1. The topological polar surface area (TPSA) is 46.2 Å². The number of fused-ring (bicyclic) bond motifs is 1. The highest BCUT2D eigenvalue weighted by atomic mass is 79.9. The molecule has 0 amide bonds. The minimum atomic E-state index is -3.16. The van der Waals surface area contributed by atoms with E-state index in [1.165, 1.54) is 0 Å². The van der Waals surface area contributed by atoms with Crippen LogP contribution in [0.15, 0.2) is 27.6 Å². The third-order valence-corrected chi connectivity index (χ3v) is 5.10. The van der Waals surface area contributed by atoms with Gasteiger partial charge in [0.15, 0.2) is 9.84 Å². The van der Waals surface area contributed by atoms with Gasteiger partial charge in [0.2, 0.25) is 0 Å². The maximum Gasteiger partial charge on any atom is 0.182 e. The van der Waals surface area contributed by atoms with Crippen LogP contribution in [-0.2, 0) is 9.84 Å². The van der Waals surface area contributed by atoms with E-state index in [-0.39, 0.29) is 5.75 Å². The van der Waals surface area contributed by atoms with Crippen molar-refractivity contribution in [2.24, 2.45) is 0 Å². The summed E-state index contributed by atoms with van der Waals surface area (Å²) in [6, 6.07) is 5.21. The summed E-state index contributed by atoms with van der Waals surface area (Å²) in [5, 5.41) is 3.23. The minimum Gasteiger partial charge on any atom is -0.377 e. The molecular weight excluding hydrogens is 278 g/mol. The number of hydrogen-bond donors (Lipinski definition) is 1. The molecule has 1 aromatic carbocycles. The minimum absolute atomic E-state index is 0.128. The predicted molar refractivity (Wildman–Crippen MR) is 63.9 cm³/mol. The van der Waals surface area contributed by atoms with E-state index < -0.39 is 15.4 Å². The van der Waals surface area contributed by atoms with Gasteiger partial charge in [-0.25, -0.2) is 8.42 Å². The third-order valence-electron chi connectivity index (χ3n) is 2.32. The summed E-state index contributed by atoms with van der Waals surface area (Å²) in [5.74, 6) is 0.128. The zero-order chi connectivity index (χ0) is 11.3.